The Labute approximate surface area is 133 Å². The average molecular weight is 339 g/mol. The number of thiophene rings is 1. The lowest BCUT2D eigenvalue weighted by atomic mass is 10.2. The Hall–Kier alpha value is -2.35. The highest BCUT2D eigenvalue weighted by atomic mass is 32.1. The van der Waals surface area contributed by atoms with Gasteiger partial charge in [-0.25, -0.2) is 0 Å². The first-order valence-electron chi connectivity index (χ1n) is 6.67. The predicted octanol–water partition coefficient (Wildman–Crippen LogP) is 4.21. The molecule has 0 aliphatic heterocycles. The fraction of sp³-hybridized carbons (Fsp3) is 0.200. The summed E-state index contributed by atoms with van der Waals surface area (Å²) in [7, 11) is 1.80. The molecule has 0 aliphatic rings. The minimum atomic E-state index is -4.39. The molecule has 8 heteroatoms. The van der Waals surface area contributed by atoms with Crippen LogP contribution in [0.4, 0.5) is 18.9 Å². The van der Waals surface area contributed by atoms with Crippen molar-refractivity contribution in [3.05, 3.63) is 46.5 Å². The number of nitrogens with one attached hydrogen (secondary N) is 1. The van der Waals surface area contributed by atoms with E-state index >= 15 is 0 Å². The Morgan fingerprint density at radius 2 is 1.91 bits per heavy atom. The molecule has 3 rings (SSSR count). The number of benzene rings is 1. The second-order valence-corrected chi connectivity index (χ2v) is 6.10. The molecule has 0 aliphatic carbocycles. The largest absolute Gasteiger partial charge is 0.416 e. The molecular formula is C15H12F3N3OS. The van der Waals surface area contributed by atoms with Crippen LogP contribution in [0.5, 0.6) is 0 Å². The molecule has 0 atom stereocenters. The van der Waals surface area contributed by atoms with Crippen LogP contribution in [-0.2, 0) is 13.2 Å². The van der Waals surface area contributed by atoms with Gasteiger partial charge in [-0.2, -0.15) is 18.3 Å². The second-order valence-electron chi connectivity index (χ2n) is 5.07. The van der Waals surface area contributed by atoms with Gasteiger partial charge in [-0.05, 0) is 37.3 Å². The molecule has 1 amide bonds. The quantitative estimate of drug-likeness (QED) is 0.760. The molecule has 3 aromatic rings. The van der Waals surface area contributed by atoms with Crippen LogP contribution in [0, 0.1) is 6.92 Å². The van der Waals surface area contributed by atoms with E-state index in [4.69, 9.17) is 0 Å². The Balaban J connectivity index is 1.81. The van der Waals surface area contributed by atoms with Gasteiger partial charge in [0.25, 0.3) is 5.91 Å². The number of amides is 1. The normalized spacial score (nSPS) is 11.9. The van der Waals surface area contributed by atoms with E-state index in [0.29, 0.717) is 10.6 Å². The number of anilines is 1. The monoisotopic (exact) mass is 339 g/mol. The van der Waals surface area contributed by atoms with Gasteiger partial charge in [0.15, 0.2) is 0 Å². The molecule has 0 saturated heterocycles. The summed E-state index contributed by atoms with van der Waals surface area (Å²) in [4.78, 5) is 13.6. The topological polar surface area (TPSA) is 46.9 Å². The molecule has 0 bridgehead atoms. The van der Waals surface area contributed by atoms with Crippen LogP contribution in [-0.4, -0.2) is 15.7 Å². The van der Waals surface area contributed by atoms with Crippen molar-refractivity contribution in [2.75, 3.05) is 5.32 Å². The number of hydrogen-bond donors (Lipinski definition) is 1. The van der Waals surface area contributed by atoms with Gasteiger partial charge in [0.2, 0.25) is 0 Å². The molecule has 23 heavy (non-hydrogen) atoms. The lowest BCUT2D eigenvalue weighted by Crippen LogP contribution is -2.11. The number of fused-ring (bicyclic) bond motifs is 1. The molecule has 0 radical (unpaired) electrons. The minimum absolute atomic E-state index is 0.315. The van der Waals surface area contributed by atoms with E-state index in [9.17, 15) is 18.0 Å². The van der Waals surface area contributed by atoms with Crippen LogP contribution in [0.1, 0.15) is 20.9 Å². The van der Waals surface area contributed by atoms with Gasteiger partial charge in [-0.3, -0.25) is 9.48 Å². The summed E-state index contributed by atoms with van der Waals surface area (Å²) in [6, 6.07) is 6.09. The third kappa shape index (κ3) is 2.94. The molecule has 1 N–H and O–H groups in total. The van der Waals surface area contributed by atoms with Crippen molar-refractivity contribution < 1.29 is 18.0 Å². The van der Waals surface area contributed by atoms with Crippen molar-refractivity contribution in [2.45, 2.75) is 13.1 Å². The van der Waals surface area contributed by atoms with Gasteiger partial charge in [-0.1, -0.05) is 0 Å². The summed E-state index contributed by atoms with van der Waals surface area (Å²) >= 11 is 1.29. The summed E-state index contributed by atoms with van der Waals surface area (Å²) in [6.07, 6.45) is -4.39. The van der Waals surface area contributed by atoms with Crippen LogP contribution in [0.3, 0.4) is 0 Å². The maximum atomic E-state index is 12.5. The number of alkyl halides is 3. The first-order chi connectivity index (χ1) is 10.8. The average Bonchev–Trinajstić information content (AvgIpc) is 3.01. The van der Waals surface area contributed by atoms with Gasteiger partial charge >= 0.3 is 6.18 Å². The molecule has 0 saturated carbocycles. The number of aromatic nitrogens is 2. The van der Waals surface area contributed by atoms with E-state index in [1.165, 1.54) is 23.5 Å². The van der Waals surface area contributed by atoms with Crippen LogP contribution in [0.25, 0.3) is 10.2 Å². The Morgan fingerprint density at radius 1 is 1.26 bits per heavy atom. The standard InChI is InChI=1S/C15H12F3N3OS/c1-8-11-7-12(23-14(11)21(2)20-8)13(22)19-10-5-3-9(4-6-10)15(16,17)18/h3-7H,1-2H3,(H,19,22). The summed E-state index contributed by atoms with van der Waals surface area (Å²) in [5.74, 6) is -0.356. The molecule has 0 spiro atoms. The highest BCUT2D eigenvalue weighted by molar-refractivity contribution is 7.20. The number of carbonyl (C=O) groups excluding carboxylic acids is 1. The third-order valence-electron chi connectivity index (χ3n) is 3.39. The highest BCUT2D eigenvalue weighted by Gasteiger charge is 2.30. The summed E-state index contributed by atoms with van der Waals surface area (Å²) in [5.41, 5.74) is 0.390. The van der Waals surface area contributed by atoms with Gasteiger partial charge < -0.3 is 5.32 Å². The first kappa shape index (κ1) is 15.5. The SMILES string of the molecule is Cc1nn(C)c2sc(C(=O)Nc3ccc(C(F)(F)F)cc3)cc12. The Bertz CT molecular complexity index is 843. The number of rotatable bonds is 2. The van der Waals surface area contributed by atoms with E-state index in [-0.39, 0.29) is 5.91 Å². The zero-order valence-corrected chi connectivity index (χ0v) is 13.0. The van der Waals surface area contributed by atoms with Crippen molar-refractivity contribution in [1.29, 1.82) is 0 Å². The Morgan fingerprint density at radius 3 is 2.48 bits per heavy atom. The molecule has 2 aromatic heterocycles. The third-order valence-corrected chi connectivity index (χ3v) is 4.59. The molecule has 2 heterocycles. The van der Waals surface area contributed by atoms with Crippen molar-refractivity contribution in [2.24, 2.45) is 7.05 Å². The van der Waals surface area contributed by atoms with Crippen LogP contribution in [0.15, 0.2) is 30.3 Å². The second kappa shape index (κ2) is 5.38. The highest BCUT2D eigenvalue weighted by Crippen LogP contribution is 2.31. The summed E-state index contributed by atoms with van der Waals surface area (Å²) in [6.45, 7) is 1.85. The molecule has 0 unspecified atom stereocenters. The van der Waals surface area contributed by atoms with Crippen molar-refractivity contribution in [3.8, 4) is 0 Å². The van der Waals surface area contributed by atoms with Crippen LogP contribution >= 0.6 is 11.3 Å². The molecule has 0 fully saturated rings. The van der Waals surface area contributed by atoms with E-state index in [1.807, 2.05) is 6.92 Å². The molecule has 1 aromatic carbocycles. The van der Waals surface area contributed by atoms with E-state index in [2.05, 4.69) is 10.4 Å². The summed E-state index contributed by atoms with van der Waals surface area (Å²) < 4.78 is 39.2. The van der Waals surface area contributed by atoms with E-state index in [0.717, 1.165) is 28.0 Å². The predicted molar refractivity (Wildman–Crippen MR) is 82.7 cm³/mol. The maximum Gasteiger partial charge on any atom is 0.416 e. The van der Waals surface area contributed by atoms with Gasteiger partial charge in [0.1, 0.15) is 4.83 Å². The van der Waals surface area contributed by atoms with Crippen molar-refractivity contribution >= 4 is 33.1 Å². The van der Waals surface area contributed by atoms with Gasteiger partial charge in [0.05, 0.1) is 16.1 Å². The fourth-order valence-electron chi connectivity index (χ4n) is 2.25. The molecule has 4 nitrogen and oxygen atoms in total. The lowest BCUT2D eigenvalue weighted by molar-refractivity contribution is -0.137. The van der Waals surface area contributed by atoms with Crippen molar-refractivity contribution in [1.82, 2.24) is 9.78 Å². The van der Waals surface area contributed by atoms with Crippen LogP contribution < -0.4 is 5.32 Å². The molecule has 120 valence electrons. The number of hydrogen-bond acceptors (Lipinski definition) is 3. The number of halogens is 3. The molecular weight excluding hydrogens is 327 g/mol. The zero-order chi connectivity index (χ0) is 16.8. The minimum Gasteiger partial charge on any atom is -0.321 e. The van der Waals surface area contributed by atoms with E-state index in [1.54, 1.807) is 17.8 Å². The van der Waals surface area contributed by atoms with Gasteiger partial charge in [0, 0.05) is 18.1 Å². The smallest absolute Gasteiger partial charge is 0.321 e. The first-order valence-corrected chi connectivity index (χ1v) is 7.49. The van der Waals surface area contributed by atoms with Gasteiger partial charge in [-0.15, -0.1) is 11.3 Å². The summed E-state index contributed by atoms with van der Waals surface area (Å²) in [5, 5.41) is 7.76. The van der Waals surface area contributed by atoms with Crippen LogP contribution in [0.2, 0.25) is 0 Å². The maximum absolute atomic E-state index is 12.5. The number of aryl methyl sites for hydroxylation is 2. The zero-order valence-electron chi connectivity index (χ0n) is 12.2. The fourth-order valence-corrected chi connectivity index (χ4v) is 3.27. The number of carbonyl (C=O) groups is 1. The number of nitrogens with zero attached hydrogens (tertiary/aromatic N) is 2. The van der Waals surface area contributed by atoms with Crippen molar-refractivity contribution in [3.63, 3.8) is 0 Å². The lowest BCUT2D eigenvalue weighted by Gasteiger charge is -2.08. The van der Waals surface area contributed by atoms with E-state index < -0.39 is 11.7 Å². The Kier molecular flexibility index (Phi) is 3.63.